The Balaban J connectivity index is 1.81. The number of hydrogen-bond acceptors (Lipinski definition) is 4. The van der Waals surface area contributed by atoms with Gasteiger partial charge in [-0.05, 0) is 44.0 Å². The average Bonchev–Trinajstić information content (AvgIpc) is 2.70. The van der Waals surface area contributed by atoms with Gasteiger partial charge in [0.15, 0.2) is 0 Å². The fraction of sp³-hybridized carbons (Fsp3) is 0.304. The average molecular weight is 394 g/mol. The predicted molar refractivity (Wildman–Crippen MR) is 110 cm³/mol. The largest absolute Gasteiger partial charge is 0.489 e. The van der Waals surface area contributed by atoms with Crippen molar-refractivity contribution in [3.8, 4) is 5.75 Å². The van der Waals surface area contributed by atoms with E-state index in [1.54, 1.807) is 27.8 Å². The molecule has 152 valence electrons. The number of ether oxygens (including phenoxy) is 2. The van der Waals surface area contributed by atoms with Crippen LogP contribution in [0.15, 0.2) is 65.9 Å². The summed E-state index contributed by atoms with van der Waals surface area (Å²) in [5.74, 6) is 0.280. The third kappa shape index (κ3) is 4.77. The van der Waals surface area contributed by atoms with Crippen LogP contribution in [0.1, 0.15) is 37.9 Å². The van der Waals surface area contributed by atoms with Crippen LogP contribution in [0.4, 0.5) is 4.79 Å². The lowest BCUT2D eigenvalue weighted by Gasteiger charge is -2.33. The van der Waals surface area contributed by atoms with Gasteiger partial charge in [-0.1, -0.05) is 42.5 Å². The minimum atomic E-state index is -0.576. The minimum Gasteiger partial charge on any atom is -0.489 e. The molecule has 0 spiro atoms. The number of rotatable bonds is 6. The van der Waals surface area contributed by atoms with Crippen LogP contribution in [0.5, 0.6) is 5.75 Å². The summed E-state index contributed by atoms with van der Waals surface area (Å²) in [6, 6.07) is 16.4. The molecule has 2 amide bonds. The van der Waals surface area contributed by atoms with E-state index in [9.17, 15) is 9.59 Å². The Morgan fingerprint density at radius 3 is 2.38 bits per heavy atom. The first-order valence-corrected chi connectivity index (χ1v) is 9.59. The number of amides is 2. The molecule has 2 aromatic carbocycles. The van der Waals surface area contributed by atoms with Gasteiger partial charge < -0.3 is 19.7 Å². The molecule has 0 radical (unpaired) electrons. The van der Waals surface area contributed by atoms with Crippen LogP contribution < -0.4 is 10.1 Å². The lowest BCUT2D eigenvalue weighted by molar-refractivity contribution is -0.143. The number of nitrogens with one attached hydrogen (secondary N) is 1. The first-order chi connectivity index (χ1) is 13.9. The van der Waals surface area contributed by atoms with E-state index in [-0.39, 0.29) is 12.1 Å². The normalized spacial score (nSPS) is 16.7. The van der Waals surface area contributed by atoms with Gasteiger partial charge in [0.1, 0.15) is 12.4 Å². The highest BCUT2D eigenvalue weighted by Gasteiger charge is 2.35. The number of esters is 1. The minimum absolute atomic E-state index is 0.250. The van der Waals surface area contributed by atoms with Crippen molar-refractivity contribution in [2.45, 2.75) is 39.5 Å². The van der Waals surface area contributed by atoms with E-state index in [2.05, 4.69) is 5.32 Å². The number of carbonyl (C=O) groups excluding carboxylic acids is 2. The SMILES string of the molecule is CC1=C(C(=O)OC(C)C)[C@H](c2ccc(OCc3ccccc3)cc2)NC(=O)N1C. The van der Waals surface area contributed by atoms with E-state index >= 15 is 0 Å². The maximum atomic E-state index is 12.7. The van der Waals surface area contributed by atoms with Gasteiger partial charge in [-0.2, -0.15) is 0 Å². The standard InChI is InChI=1S/C23H26N2O4/c1-15(2)29-22(26)20-16(3)25(4)23(27)24-21(20)18-10-12-19(13-11-18)28-14-17-8-6-5-7-9-17/h5-13,15,21H,14H2,1-4H3,(H,24,27)/t21-/m0/s1. The molecule has 29 heavy (non-hydrogen) atoms. The van der Waals surface area contributed by atoms with Crippen molar-refractivity contribution in [2.75, 3.05) is 7.05 Å². The van der Waals surface area contributed by atoms with Crippen molar-refractivity contribution in [2.24, 2.45) is 0 Å². The number of carbonyl (C=O) groups is 2. The van der Waals surface area contributed by atoms with Gasteiger partial charge in [0, 0.05) is 12.7 Å². The van der Waals surface area contributed by atoms with Crippen LogP contribution in [0.25, 0.3) is 0 Å². The molecule has 0 bridgehead atoms. The molecule has 1 aliphatic heterocycles. The monoisotopic (exact) mass is 394 g/mol. The summed E-state index contributed by atoms with van der Waals surface area (Å²) in [5, 5.41) is 2.88. The second-order valence-electron chi connectivity index (χ2n) is 7.24. The Labute approximate surface area is 171 Å². The van der Waals surface area contributed by atoms with Crippen LogP contribution in [0.3, 0.4) is 0 Å². The number of nitrogens with zero attached hydrogens (tertiary/aromatic N) is 1. The Morgan fingerprint density at radius 1 is 1.10 bits per heavy atom. The van der Waals surface area contributed by atoms with Crippen molar-refractivity contribution in [3.05, 3.63) is 77.0 Å². The molecule has 1 N–H and O–H groups in total. The molecule has 1 atom stereocenters. The van der Waals surface area contributed by atoms with Crippen molar-refractivity contribution in [1.29, 1.82) is 0 Å². The lowest BCUT2D eigenvalue weighted by atomic mass is 9.95. The van der Waals surface area contributed by atoms with Gasteiger partial charge in [-0.15, -0.1) is 0 Å². The molecule has 0 aliphatic carbocycles. The molecular formula is C23H26N2O4. The van der Waals surface area contributed by atoms with Crippen LogP contribution in [0.2, 0.25) is 0 Å². The summed E-state index contributed by atoms with van der Waals surface area (Å²) in [7, 11) is 1.63. The van der Waals surface area contributed by atoms with E-state index in [4.69, 9.17) is 9.47 Å². The Morgan fingerprint density at radius 2 is 1.76 bits per heavy atom. The summed E-state index contributed by atoms with van der Waals surface area (Å²) in [4.78, 5) is 26.4. The molecule has 6 nitrogen and oxygen atoms in total. The summed E-state index contributed by atoms with van der Waals surface area (Å²) < 4.78 is 11.2. The zero-order chi connectivity index (χ0) is 21.0. The highest BCUT2D eigenvalue weighted by molar-refractivity contribution is 5.95. The molecule has 0 saturated carbocycles. The second-order valence-corrected chi connectivity index (χ2v) is 7.24. The van der Waals surface area contributed by atoms with Crippen LogP contribution in [-0.4, -0.2) is 30.1 Å². The van der Waals surface area contributed by atoms with Gasteiger partial charge >= 0.3 is 12.0 Å². The zero-order valence-electron chi connectivity index (χ0n) is 17.1. The number of hydrogen-bond donors (Lipinski definition) is 1. The lowest BCUT2D eigenvalue weighted by Crippen LogP contribution is -2.46. The molecule has 2 aromatic rings. The van der Waals surface area contributed by atoms with E-state index in [1.807, 2.05) is 54.6 Å². The maximum Gasteiger partial charge on any atom is 0.338 e. The predicted octanol–water partition coefficient (Wildman–Crippen LogP) is 4.19. The Hall–Kier alpha value is -3.28. The topological polar surface area (TPSA) is 67.9 Å². The van der Waals surface area contributed by atoms with Crippen molar-refractivity contribution < 1.29 is 19.1 Å². The van der Waals surface area contributed by atoms with Crippen LogP contribution >= 0.6 is 0 Å². The first-order valence-electron chi connectivity index (χ1n) is 9.59. The van der Waals surface area contributed by atoms with Crippen molar-refractivity contribution >= 4 is 12.0 Å². The zero-order valence-corrected chi connectivity index (χ0v) is 17.1. The fourth-order valence-electron chi connectivity index (χ4n) is 3.12. The highest BCUT2D eigenvalue weighted by Crippen LogP contribution is 2.31. The third-order valence-corrected chi connectivity index (χ3v) is 4.78. The van der Waals surface area contributed by atoms with E-state index in [0.717, 1.165) is 11.1 Å². The Kier molecular flexibility index (Phi) is 6.22. The molecule has 1 heterocycles. The smallest absolute Gasteiger partial charge is 0.338 e. The summed E-state index contributed by atoms with van der Waals surface area (Å²) in [6.45, 7) is 5.82. The third-order valence-electron chi connectivity index (χ3n) is 4.78. The van der Waals surface area contributed by atoms with E-state index < -0.39 is 12.0 Å². The van der Waals surface area contributed by atoms with Gasteiger partial charge in [0.05, 0.1) is 17.7 Å². The van der Waals surface area contributed by atoms with E-state index in [0.29, 0.717) is 23.6 Å². The maximum absolute atomic E-state index is 12.7. The van der Waals surface area contributed by atoms with Gasteiger partial charge in [-0.3, -0.25) is 0 Å². The molecular weight excluding hydrogens is 368 g/mol. The van der Waals surface area contributed by atoms with Crippen LogP contribution in [-0.2, 0) is 16.1 Å². The van der Waals surface area contributed by atoms with Gasteiger partial charge in [0.2, 0.25) is 0 Å². The van der Waals surface area contributed by atoms with Gasteiger partial charge in [-0.25, -0.2) is 9.59 Å². The molecule has 1 aliphatic rings. The fourth-order valence-corrected chi connectivity index (χ4v) is 3.12. The molecule has 0 aromatic heterocycles. The highest BCUT2D eigenvalue weighted by atomic mass is 16.5. The number of benzene rings is 2. The first kappa shape index (κ1) is 20.5. The molecule has 0 unspecified atom stereocenters. The Bertz CT molecular complexity index is 904. The van der Waals surface area contributed by atoms with Crippen LogP contribution in [0, 0.1) is 0 Å². The van der Waals surface area contributed by atoms with E-state index in [1.165, 1.54) is 4.90 Å². The van der Waals surface area contributed by atoms with Crippen molar-refractivity contribution in [1.82, 2.24) is 10.2 Å². The molecule has 3 rings (SSSR count). The summed E-state index contributed by atoms with van der Waals surface area (Å²) >= 11 is 0. The van der Waals surface area contributed by atoms with Gasteiger partial charge in [0.25, 0.3) is 0 Å². The summed E-state index contributed by atoms with van der Waals surface area (Å²) in [6.07, 6.45) is -0.250. The quantitative estimate of drug-likeness (QED) is 0.746. The number of urea groups is 1. The summed E-state index contributed by atoms with van der Waals surface area (Å²) in [5.41, 5.74) is 2.87. The number of allylic oxidation sites excluding steroid dienone is 1. The molecule has 6 heteroatoms. The molecule has 0 saturated heterocycles. The molecule has 0 fully saturated rings. The second kappa shape index (κ2) is 8.82. The van der Waals surface area contributed by atoms with Crippen molar-refractivity contribution in [3.63, 3.8) is 0 Å².